The monoisotopic (exact) mass is 326 g/mol. The molecule has 0 aromatic heterocycles. The third kappa shape index (κ3) is 4.21. The van der Waals surface area contributed by atoms with Crippen LogP contribution in [0.5, 0.6) is 0 Å². The normalized spacial score (nSPS) is 10.4. The molecule has 0 heterocycles. The Kier molecular flexibility index (Phi) is 7.35. The predicted octanol–water partition coefficient (Wildman–Crippen LogP) is 2.62. The zero-order chi connectivity index (χ0) is 16.7. The molecule has 0 radical (unpaired) electrons. The van der Waals surface area contributed by atoms with E-state index in [-0.39, 0.29) is 24.9 Å². The molecular formula is C16H23ClN2O3. The molecule has 0 saturated heterocycles. The maximum Gasteiger partial charge on any atom is 0.265 e. The summed E-state index contributed by atoms with van der Waals surface area (Å²) in [5, 5.41) is 10.1. The van der Waals surface area contributed by atoms with Crippen molar-refractivity contribution in [2.75, 3.05) is 23.9 Å². The fourth-order valence-electron chi connectivity index (χ4n) is 2.32. The summed E-state index contributed by atoms with van der Waals surface area (Å²) in [6.45, 7) is 5.59. The van der Waals surface area contributed by atoms with Gasteiger partial charge in [0.25, 0.3) is 5.91 Å². The van der Waals surface area contributed by atoms with Crippen LogP contribution in [0.4, 0.5) is 5.69 Å². The van der Waals surface area contributed by atoms with Crippen molar-refractivity contribution in [3.05, 3.63) is 29.3 Å². The molecule has 0 saturated carbocycles. The van der Waals surface area contributed by atoms with E-state index in [0.717, 1.165) is 29.7 Å². The van der Waals surface area contributed by atoms with Gasteiger partial charge in [0.05, 0.1) is 5.69 Å². The van der Waals surface area contributed by atoms with Crippen LogP contribution in [-0.2, 0) is 22.4 Å². The van der Waals surface area contributed by atoms with Gasteiger partial charge < -0.3 is 4.90 Å². The van der Waals surface area contributed by atoms with E-state index >= 15 is 0 Å². The molecule has 0 aliphatic heterocycles. The van der Waals surface area contributed by atoms with E-state index in [9.17, 15) is 14.8 Å². The van der Waals surface area contributed by atoms with Crippen LogP contribution in [0.2, 0.25) is 0 Å². The minimum Gasteiger partial charge on any atom is -0.301 e. The van der Waals surface area contributed by atoms with Crippen LogP contribution < -0.4 is 4.90 Å². The minimum atomic E-state index is -0.533. The molecule has 0 spiro atoms. The maximum absolute atomic E-state index is 12.2. The van der Waals surface area contributed by atoms with Gasteiger partial charge in [0.2, 0.25) is 5.91 Å². The van der Waals surface area contributed by atoms with Gasteiger partial charge in [0.1, 0.15) is 12.4 Å². The highest BCUT2D eigenvalue weighted by atomic mass is 35.5. The van der Waals surface area contributed by atoms with E-state index in [1.165, 1.54) is 4.90 Å². The van der Waals surface area contributed by atoms with Crippen molar-refractivity contribution in [1.82, 2.24) is 5.06 Å². The molecule has 1 N–H and O–H groups in total. The summed E-state index contributed by atoms with van der Waals surface area (Å²) in [6.07, 6.45) is 1.47. The van der Waals surface area contributed by atoms with Crippen molar-refractivity contribution in [1.29, 1.82) is 0 Å². The second-order valence-electron chi connectivity index (χ2n) is 4.85. The number of para-hydroxylation sites is 1. The summed E-state index contributed by atoms with van der Waals surface area (Å²) in [5.41, 5.74) is 2.69. The Labute approximate surface area is 136 Å². The lowest BCUT2D eigenvalue weighted by Gasteiger charge is -2.27. The van der Waals surface area contributed by atoms with E-state index in [4.69, 9.17) is 11.6 Å². The number of hydroxylamine groups is 2. The molecule has 1 rings (SSSR count). The Bertz CT molecular complexity index is 512. The van der Waals surface area contributed by atoms with Gasteiger partial charge in [-0.05, 0) is 30.9 Å². The summed E-state index contributed by atoms with van der Waals surface area (Å²) in [5.74, 6) is -1.10. The SMILES string of the molecule is CCc1cccc(CC)c1N(CC(=O)N(O)CC)C(=O)CCl. The largest absolute Gasteiger partial charge is 0.301 e. The summed E-state index contributed by atoms with van der Waals surface area (Å²) in [7, 11) is 0. The van der Waals surface area contributed by atoms with Crippen molar-refractivity contribution < 1.29 is 14.8 Å². The molecule has 2 amide bonds. The van der Waals surface area contributed by atoms with E-state index in [0.29, 0.717) is 5.06 Å². The number of hydrogen-bond acceptors (Lipinski definition) is 3. The molecule has 0 bridgehead atoms. The molecule has 6 heteroatoms. The number of likely N-dealkylation sites (N-methyl/N-ethyl adjacent to an activating group) is 1. The van der Waals surface area contributed by atoms with Crippen LogP contribution in [0, 0.1) is 0 Å². The first kappa shape index (κ1) is 18.5. The molecule has 0 aliphatic carbocycles. The van der Waals surface area contributed by atoms with Crippen molar-refractivity contribution in [3.63, 3.8) is 0 Å². The van der Waals surface area contributed by atoms with Crippen LogP contribution in [-0.4, -0.2) is 41.1 Å². The number of carbonyl (C=O) groups is 2. The van der Waals surface area contributed by atoms with E-state index in [1.807, 2.05) is 32.0 Å². The van der Waals surface area contributed by atoms with Crippen LogP contribution in [0.3, 0.4) is 0 Å². The fourth-order valence-corrected chi connectivity index (χ4v) is 2.46. The predicted molar refractivity (Wildman–Crippen MR) is 87.4 cm³/mol. The van der Waals surface area contributed by atoms with E-state index < -0.39 is 5.91 Å². The van der Waals surface area contributed by atoms with Crippen LogP contribution in [0.15, 0.2) is 18.2 Å². The Morgan fingerprint density at radius 2 is 1.64 bits per heavy atom. The molecule has 0 aliphatic rings. The highest BCUT2D eigenvalue weighted by Gasteiger charge is 2.24. The topological polar surface area (TPSA) is 60.9 Å². The number of halogens is 1. The van der Waals surface area contributed by atoms with Crippen LogP contribution in [0.25, 0.3) is 0 Å². The van der Waals surface area contributed by atoms with Gasteiger partial charge in [-0.15, -0.1) is 11.6 Å². The summed E-state index contributed by atoms with van der Waals surface area (Å²) < 4.78 is 0. The molecular weight excluding hydrogens is 304 g/mol. The van der Waals surface area contributed by atoms with Gasteiger partial charge in [-0.3, -0.25) is 14.8 Å². The average Bonchev–Trinajstić information content (AvgIpc) is 2.57. The first-order chi connectivity index (χ1) is 10.5. The highest BCUT2D eigenvalue weighted by Crippen LogP contribution is 2.27. The third-order valence-corrected chi connectivity index (χ3v) is 3.76. The summed E-state index contributed by atoms with van der Waals surface area (Å²) >= 11 is 5.71. The lowest BCUT2D eigenvalue weighted by molar-refractivity contribution is -0.162. The first-order valence-corrected chi connectivity index (χ1v) is 7.99. The van der Waals surface area contributed by atoms with Crippen LogP contribution >= 0.6 is 11.6 Å². The second kappa shape index (κ2) is 8.76. The standard InChI is InChI=1S/C16H23ClN2O3/c1-4-12-8-7-9-13(5-2)16(12)18(14(20)10-17)11-15(21)19(22)6-3/h7-9,22H,4-6,10-11H2,1-3H3. The van der Waals surface area contributed by atoms with Gasteiger partial charge >= 0.3 is 0 Å². The molecule has 1 aromatic rings. The lowest BCUT2D eigenvalue weighted by Crippen LogP contribution is -2.43. The van der Waals surface area contributed by atoms with Crippen LogP contribution in [0.1, 0.15) is 31.9 Å². The number of nitrogens with zero attached hydrogens (tertiary/aromatic N) is 2. The maximum atomic E-state index is 12.2. The molecule has 0 unspecified atom stereocenters. The highest BCUT2D eigenvalue weighted by molar-refractivity contribution is 6.29. The van der Waals surface area contributed by atoms with Gasteiger partial charge in [0, 0.05) is 6.54 Å². The number of anilines is 1. The number of rotatable bonds is 7. The zero-order valence-electron chi connectivity index (χ0n) is 13.3. The summed E-state index contributed by atoms with van der Waals surface area (Å²) in [6, 6.07) is 5.81. The number of carbonyl (C=O) groups excluding carboxylic acids is 2. The Balaban J connectivity index is 3.28. The molecule has 0 atom stereocenters. The molecule has 1 aromatic carbocycles. The number of benzene rings is 1. The second-order valence-corrected chi connectivity index (χ2v) is 5.12. The minimum absolute atomic E-state index is 0.164. The zero-order valence-corrected chi connectivity index (χ0v) is 14.1. The van der Waals surface area contributed by atoms with E-state index in [2.05, 4.69) is 0 Å². The van der Waals surface area contributed by atoms with Crippen molar-refractivity contribution in [3.8, 4) is 0 Å². The molecule has 5 nitrogen and oxygen atoms in total. The first-order valence-electron chi connectivity index (χ1n) is 7.46. The van der Waals surface area contributed by atoms with Crippen molar-refractivity contribution >= 4 is 29.1 Å². The quantitative estimate of drug-likeness (QED) is 0.476. The smallest absolute Gasteiger partial charge is 0.265 e. The summed E-state index contributed by atoms with van der Waals surface area (Å²) in [4.78, 5) is 25.6. The average molecular weight is 327 g/mol. The third-order valence-electron chi connectivity index (χ3n) is 3.53. The fraction of sp³-hybridized carbons (Fsp3) is 0.500. The van der Waals surface area contributed by atoms with Gasteiger partial charge in [-0.25, -0.2) is 5.06 Å². The number of hydrogen-bond donors (Lipinski definition) is 1. The van der Waals surface area contributed by atoms with Gasteiger partial charge in [-0.1, -0.05) is 32.0 Å². The van der Waals surface area contributed by atoms with Gasteiger partial charge in [-0.2, -0.15) is 0 Å². The van der Waals surface area contributed by atoms with Crippen molar-refractivity contribution in [2.24, 2.45) is 0 Å². The molecule has 122 valence electrons. The Morgan fingerprint density at radius 3 is 2.05 bits per heavy atom. The molecule has 0 fully saturated rings. The number of amides is 2. The number of alkyl halides is 1. The Hall–Kier alpha value is -1.59. The number of aryl methyl sites for hydroxylation is 2. The Morgan fingerprint density at radius 1 is 1.09 bits per heavy atom. The lowest BCUT2D eigenvalue weighted by atomic mass is 10.0. The van der Waals surface area contributed by atoms with E-state index in [1.54, 1.807) is 6.92 Å². The van der Waals surface area contributed by atoms with Crippen molar-refractivity contribution in [2.45, 2.75) is 33.6 Å². The molecule has 22 heavy (non-hydrogen) atoms. The van der Waals surface area contributed by atoms with Gasteiger partial charge in [0.15, 0.2) is 0 Å².